The van der Waals surface area contributed by atoms with Crippen molar-refractivity contribution in [3.05, 3.63) is 35.4 Å². The molecule has 1 aromatic rings. The maximum atomic E-state index is 12.3. The van der Waals surface area contributed by atoms with Crippen molar-refractivity contribution < 1.29 is 9.53 Å². The first-order chi connectivity index (χ1) is 12.8. The Hall–Kier alpha value is -1.22. The van der Waals surface area contributed by atoms with Gasteiger partial charge in [-0.3, -0.25) is 4.79 Å². The molecule has 4 fully saturated rings. The molecule has 0 aliphatic heterocycles. The van der Waals surface area contributed by atoms with Crippen molar-refractivity contribution in [1.82, 2.24) is 0 Å². The Bertz CT molecular complexity index is 726. The summed E-state index contributed by atoms with van der Waals surface area (Å²) in [5.41, 5.74) is 2.48. The number of ether oxygens (including phenoxy) is 1. The number of allylic oxidation sites excluding steroid dienone is 1. The van der Waals surface area contributed by atoms with E-state index in [-0.39, 0.29) is 5.97 Å². The molecule has 146 valence electrons. The SMILES string of the molecule is CCSC(=C1C2CC3CC(C2)CC1C3)c1cccc(OC(=O)C(C)(C)C)c1. The molecular weight excluding hydrogens is 352 g/mol. The van der Waals surface area contributed by atoms with E-state index in [0.29, 0.717) is 5.75 Å². The normalized spacial score (nSPS) is 29.1. The van der Waals surface area contributed by atoms with Crippen molar-refractivity contribution >= 4 is 22.6 Å². The Labute approximate surface area is 168 Å². The number of hydrogen-bond donors (Lipinski definition) is 0. The lowest BCUT2D eigenvalue weighted by molar-refractivity contribution is -0.142. The van der Waals surface area contributed by atoms with Gasteiger partial charge in [-0.2, -0.15) is 0 Å². The van der Waals surface area contributed by atoms with E-state index in [0.717, 1.165) is 29.4 Å². The fraction of sp³-hybridized carbons (Fsp3) is 0.625. The quantitative estimate of drug-likeness (QED) is 0.434. The summed E-state index contributed by atoms with van der Waals surface area (Å²) < 4.78 is 5.68. The van der Waals surface area contributed by atoms with Gasteiger partial charge in [-0.15, -0.1) is 11.8 Å². The Morgan fingerprint density at radius 2 is 1.70 bits per heavy atom. The molecule has 0 atom stereocenters. The average molecular weight is 385 g/mol. The summed E-state index contributed by atoms with van der Waals surface area (Å²) in [4.78, 5) is 13.8. The van der Waals surface area contributed by atoms with Crippen molar-refractivity contribution in [2.45, 2.75) is 59.8 Å². The van der Waals surface area contributed by atoms with Crippen molar-refractivity contribution in [2.24, 2.45) is 29.1 Å². The molecule has 0 aromatic heterocycles. The van der Waals surface area contributed by atoms with Gasteiger partial charge in [0.2, 0.25) is 0 Å². The van der Waals surface area contributed by atoms with E-state index in [1.807, 2.05) is 44.7 Å². The summed E-state index contributed by atoms with van der Waals surface area (Å²) in [5.74, 6) is 5.10. The fourth-order valence-electron chi connectivity index (χ4n) is 5.50. The Morgan fingerprint density at radius 3 is 2.26 bits per heavy atom. The third-order valence-corrected chi connectivity index (χ3v) is 7.54. The molecule has 0 heterocycles. The average Bonchev–Trinajstić information content (AvgIpc) is 2.59. The lowest BCUT2D eigenvalue weighted by Crippen LogP contribution is -2.40. The minimum atomic E-state index is -0.489. The number of thioether (sulfide) groups is 1. The third-order valence-electron chi connectivity index (χ3n) is 6.49. The molecule has 0 saturated heterocycles. The highest BCUT2D eigenvalue weighted by molar-refractivity contribution is 8.08. The van der Waals surface area contributed by atoms with Crippen LogP contribution in [0.4, 0.5) is 0 Å². The lowest BCUT2D eigenvalue weighted by atomic mass is 9.54. The van der Waals surface area contributed by atoms with Gasteiger partial charge in [0.25, 0.3) is 0 Å². The molecule has 4 aliphatic carbocycles. The van der Waals surface area contributed by atoms with Crippen LogP contribution in [0.25, 0.3) is 4.91 Å². The van der Waals surface area contributed by atoms with E-state index in [4.69, 9.17) is 4.74 Å². The molecule has 5 rings (SSSR count). The highest BCUT2D eigenvalue weighted by Gasteiger charge is 2.46. The predicted octanol–water partition coefficient (Wildman–Crippen LogP) is 6.56. The second-order valence-electron chi connectivity index (χ2n) is 9.69. The first kappa shape index (κ1) is 19.1. The zero-order valence-corrected chi connectivity index (χ0v) is 17.9. The van der Waals surface area contributed by atoms with E-state index in [2.05, 4.69) is 19.1 Å². The van der Waals surface area contributed by atoms with E-state index < -0.39 is 5.41 Å². The summed E-state index contributed by atoms with van der Waals surface area (Å²) in [7, 11) is 0. The summed E-state index contributed by atoms with van der Waals surface area (Å²) >= 11 is 1.98. The molecule has 27 heavy (non-hydrogen) atoms. The molecule has 4 saturated carbocycles. The van der Waals surface area contributed by atoms with Crippen LogP contribution in [-0.2, 0) is 4.79 Å². The maximum Gasteiger partial charge on any atom is 0.316 e. The van der Waals surface area contributed by atoms with Crippen molar-refractivity contribution in [3.8, 4) is 5.75 Å². The van der Waals surface area contributed by atoms with E-state index in [1.54, 1.807) is 5.57 Å². The van der Waals surface area contributed by atoms with Crippen LogP contribution in [0.3, 0.4) is 0 Å². The standard InChI is InChI=1S/C24H32O2S/c1-5-27-22(21-18-10-15-9-16(12-18)13-19(21)11-15)17-7-6-8-20(14-17)26-23(25)24(2,3)4/h6-8,14-16,18-19H,5,9-13H2,1-4H3. The van der Waals surface area contributed by atoms with Gasteiger partial charge in [-0.25, -0.2) is 0 Å². The second kappa shape index (κ2) is 7.31. The van der Waals surface area contributed by atoms with Gasteiger partial charge in [0.15, 0.2) is 0 Å². The highest BCUT2D eigenvalue weighted by Crippen LogP contribution is 2.59. The largest absolute Gasteiger partial charge is 0.426 e. The van der Waals surface area contributed by atoms with Gasteiger partial charge >= 0.3 is 5.97 Å². The van der Waals surface area contributed by atoms with Gasteiger partial charge in [-0.1, -0.05) is 19.1 Å². The molecule has 0 unspecified atom stereocenters. The lowest BCUT2D eigenvalue weighted by Gasteiger charge is -2.52. The van der Waals surface area contributed by atoms with Crippen molar-refractivity contribution in [2.75, 3.05) is 5.75 Å². The number of carbonyl (C=O) groups is 1. The van der Waals surface area contributed by atoms with Crippen LogP contribution in [0.5, 0.6) is 5.75 Å². The first-order valence-electron chi connectivity index (χ1n) is 10.5. The van der Waals surface area contributed by atoms with Gasteiger partial charge in [0.05, 0.1) is 5.41 Å². The molecule has 0 spiro atoms. The van der Waals surface area contributed by atoms with Crippen molar-refractivity contribution in [1.29, 1.82) is 0 Å². The van der Waals surface area contributed by atoms with Crippen LogP contribution < -0.4 is 4.74 Å². The molecule has 1 aromatic carbocycles. The highest BCUT2D eigenvalue weighted by atomic mass is 32.2. The minimum absolute atomic E-state index is 0.174. The molecule has 0 radical (unpaired) electrons. The fourth-order valence-corrected chi connectivity index (χ4v) is 6.58. The van der Waals surface area contributed by atoms with Crippen LogP contribution >= 0.6 is 11.8 Å². The van der Waals surface area contributed by atoms with Gasteiger partial charge in [-0.05, 0) is 106 Å². The second-order valence-corrected chi connectivity index (χ2v) is 11.0. The molecule has 2 nitrogen and oxygen atoms in total. The number of carbonyl (C=O) groups excluding carboxylic acids is 1. The Balaban J connectivity index is 1.67. The topological polar surface area (TPSA) is 26.3 Å². The zero-order chi connectivity index (χ0) is 19.2. The predicted molar refractivity (Wildman–Crippen MR) is 114 cm³/mol. The summed E-state index contributed by atoms with van der Waals surface area (Å²) in [6.07, 6.45) is 7.07. The molecule has 0 N–H and O–H groups in total. The molecule has 3 heteroatoms. The Kier molecular flexibility index (Phi) is 5.18. The number of hydrogen-bond acceptors (Lipinski definition) is 3. The molecular formula is C24H32O2S. The number of benzene rings is 1. The van der Waals surface area contributed by atoms with Crippen LogP contribution in [-0.4, -0.2) is 11.7 Å². The maximum absolute atomic E-state index is 12.3. The minimum Gasteiger partial charge on any atom is -0.426 e. The van der Waals surface area contributed by atoms with Crippen LogP contribution in [0.1, 0.15) is 65.4 Å². The van der Waals surface area contributed by atoms with E-state index >= 15 is 0 Å². The third kappa shape index (κ3) is 3.85. The van der Waals surface area contributed by atoms with Crippen molar-refractivity contribution in [3.63, 3.8) is 0 Å². The zero-order valence-electron chi connectivity index (χ0n) is 17.1. The number of esters is 1. The summed E-state index contributed by atoms with van der Waals surface area (Å²) in [6, 6.07) is 8.22. The first-order valence-corrected chi connectivity index (χ1v) is 11.5. The molecule has 0 amide bonds. The smallest absolute Gasteiger partial charge is 0.316 e. The summed E-state index contributed by atoms with van der Waals surface area (Å²) in [5, 5.41) is 0. The van der Waals surface area contributed by atoms with Gasteiger partial charge in [0.1, 0.15) is 5.75 Å². The van der Waals surface area contributed by atoms with Crippen LogP contribution in [0.2, 0.25) is 0 Å². The van der Waals surface area contributed by atoms with Crippen LogP contribution in [0, 0.1) is 29.1 Å². The van der Waals surface area contributed by atoms with E-state index in [9.17, 15) is 4.79 Å². The number of rotatable bonds is 4. The van der Waals surface area contributed by atoms with Crippen LogP contribution in [0.15, 0.2) is 29.8 Å². The Morgan fingerprint density at radius 1 is 1.07 bits per heavy atom. The van der Waals surface area contributed by atoms with Gasteiger partial charge in [0, 0.05) is 4.91 Å². The monoisotopic (exact) mass is 384 g/mol. The van der Waals surface area contributed by atoms with Gasteiger partial charge < -0.3 is 4.74 Å². The van der Waals surface area contributed by atoms with E-state index in [1.165, 1.54) is 42.6 Å². The molecule has 4 aliphatic rings. The molecule has 4 bridgehead atoms. The summed E-state index contributed by atoms with van der Waals surface area (Å²) in [6.45, 7) is 7.93.